The van der Waals surface area contributed by atoms with Gasteiger partial charge in [-0.15, -0.1) is 0 Å². The third-order valence-electron chi connectivity index (χ3n) is 2.18. The van der Waals surface area contributed by atoms with E-state index >= 15 is 0 Å². The lowest BCUT2D eigenvalue weighted by Gasteiger charge is -1.94. The van der Waals surface area contributed by atoms with E-state index in [1.807, 2.05) is 43.5 Å². The van der Waals surface area contributed by atoms with Gasteiger partial charge in [0.2, 0.25) is 0 Å². The van der Waals surface area contributed by atoms with Gasteiger partial charge in [0, 0.05) is 6.20 Å². The summed E-state index contributed by atoms with van der Waals surface area (Å²) in [5.74, 6) is 0. The molecule has 0 spiro atoms. The van der Waals surface area contributed by atoms with Crippen molar-refractivity contribution in [2.45, 2.75) is 6.92 Å². The predicted molar refractivity (Wildman–Crippen MR) is 64.3 cm³/mol. The fraction of sp³-hybridized carbons (Fsp3) is 0.0714. The Bertz CT molecular complexity index is 441. The molecule has 0 aliphatic carbocycles. The monoisotopic (exact) mass is 195 g/mol. The van der Waals surface area contributed by atoms with E-state index < -0.39 is 0 Å². The SMILES string of the molecule is Cc1ccc(C=Cc2ccccc2)nc1. The first-order chi connectivity index (χ1) is 7.34. The summed E-state index contributed by atoms with van der Waals surface area (Å²) in [7, 11) is 0. The van der Waals surface area contributed by atoms with Crippen LogP contribution in [-0.4, -0.2) is 4.98 Å². The maximum absolute atomic E-state index is 4.31. The molecule has 1 aromatic heterocycles. The van der Waals surface area contributed by atoms with Crippen LogP contribution in [0.5, 0.6) is 0 Å². The summed E-state index contributed by atoms with van der Waals surface area (Å²) >= 11 is 0. The minimum absolute atomic E-state index is 0.990. The highest BCUT2D eigenvalue weighted by Gasteiger charge is 1.88. The van der Waals surface area contributed by atoms with Gasteiger partial charge in [-0.05, 0) is 30.2 Å². The minimum atomic E-state index is 0.990. The van der Waals surface area contributed by atoms with Gasteiger partial charge in [-0.2, -0.15) is 0 Å². The van der Waals surface area contributed by atoms with Gasteiger partial charge in [0.1, 0.15) is 0 Å². The molecule has 0 aliphatic rings. The Morgan fingerprint density at radius 3 is 2.40 bits per heavy atom. The molecule has 0 bridgehead atoms. The summed E-state index contributed by atoms with van der Waals surface area (Å²) in [5.41, 5.74) is 3.37. The highest BCUT2D eigenvalue weighted by molar-refractivity contribution is 5.67. The maximum atomic E-state index is 4.31. The molecule has 0 N–H and O–H groups in total. The molecule has 1 heteroatoms. The highest BCUT2D eigenvalue weighted by Crippen LogP contribution is 2.06. The summed E-state index contributed by atoms with van der Waals surface area (Å²) in [6, 6.07) is 14.3. The molecule has 0 amide bonds. The summed E-state index contributed by atoms with van der Waals surface area (Å²) in [5, 5.41) is 0. The zero-order valence-corrected chi connectivity index (χ0v) is 8.72. The maximum Gasteiger partial charge on any atom is 0.0630 e. The van der Waals surface area contributed by atoms with E-state index in [1.54, 1.807) is 0 Å². The largest absolute Gasteiger partial charge is 0.257 e. The number of nitrogens with zero attached hydrogens (tertiary/aromatic N) is 1. The molecular weight excluding hydrogens is 182 g/mol. The van der Waals surface area contributed by atoms with Crippen LogP contribution >= 0.6 is 0 Å². The van der Waals surface area contributed by atoms with E-state index in [-0.39, 0.29) is 0 Å². The molecule has 1 nitrogen and oxygen atoms in total. The molecule has 0 saturated carbocycles. The second kappa shape index (κ2) is 4.56. The van der Waals surface area contributed by atoms with Crippen molar-refractivity contribution in [2.24, 2.45) is 0 Å². The molecule has 0 aliphatic heterocycles. The van der Waals surface area contributed by atoms with Crippen LogP contribution in [0.15, 0.2) is 48.7 Å². The second-order valence-electron chi connectivity index (χ2n) is 3.50. The Kier molecular flexibility index (Phi) is 2.93. The molecule has 1 heterocycles. The summed E-state index contributed by atoms with van der Waals surface area (Å²) in [6.07, 6.45) is 5.97. The Hall–Kier alpha value is -1.89. The van der Waals surface area contributed by atoms with E-state index in [4.69, 9.17) is 0 Å². The van der Waals surface area contributed by atoms with Gasteiger partial charge < -0.3 is 0 Å². The lowest BCUT2D eigenvalue weighted by Crippen LogP contribution is -1.80. The van der Waals surface area contributed by atoms with Crippen molar-refractivity contribution >= 4 is 12.2 Å². The van der Waals surface area contributed by atoms with Crippen LogP contribution in [0.3, 0.4) is 0 Å². The van der Waals surface area contributed by atoms with Crippen LogP contribution in [0.4, 0.5) is 0 Å². The van der Waals surface area contributed by atoms with E-state index in [2.05, 4.69) is 29.3 Å². The van der Waals surface area contributed by atoms with Crippen molar-refractivity contribution in [1.29, 1.82) is 0 Å². The lowest BCUT2D eigenvalue weighted by molar-refractivity contribution is 1.25. The first-order valence-electron chi connectivity index (χ1n) is 5.00. The molecule has 0 radical (unpaired) electrons. The number of aromatic nitrogens is 1. The number of benzene rings is 1. The Balaban J connectivity index is 2.15. The molecule has 74 valence electrons. The van der Waals surface area contributed by atoms with Gasteiger partial charge in [-0.25, -0.2) is 0 Å². The molecule has 0 saturated heterocycles. The van der Waals surface area contributed by atoms with E-state index in [1.165, 1.54) is 11.1 Å². The molecule has 0 unspecified atom stereocenters. The number of hydrogen-bond acceptors (Lipinski definition) is 1. The summed E-state index contributed by atoms with van der Waals surface area (Å²) in [4.78, 5) is 4.31. The summed E-state index contributed by atoms with van der Waals surface area (Å²) in [6.45, 7) is 2.04. The number of aryl methyl sites for hydroxylation is 1. The molecule has 15 heavy (non-hydrogen) atoms. The molecule has 1 aromatic carbocycles. The fourth-order valence-electron chi connectivity index (χ4n) is 1.32. The first-order valence-corrected chi connectivity index (χ1v) is 5.00. The van der Waals surface area contributed by atoms with Gasteiger partial charge in [0.15, 0.2) is 0 Å². The van der Waals surface area contributed by atoms with Crippen molar-refractivity contribution in [3.05, 3.63) is 65.5 Å². The average molecular weight is 195 g/mol. The molecule has 0 fully saturated rings. The molecule has 2 aromatic rings. The first kappa shape index (κ1) is 9.66. The average Bonchev–Trinajstić information content (AvgIpc) is 2.30. The van der Waals surface area contributed by atoms with Gasteiger partial charge in [0.25, 0.3) is 0 Å². The number of rotatable bonds is 2. The predicted octanol–water partition coefficient (Wildman–Crippen LogP) is 3.56. The van der Waals surface area contributed by atoms with Crippen LogP contribution < -0.4 is 0 Å². The van der Waals surface area contributed by atoms with Crippen molar-refractivity contribution in [3.63, 3.8) is 0 Å². The second-order valence-corrected chi connectivity index (χ2v) is 3.50. The normalized spacial score (nSPS) is 10.7. The van der Waals surface area contributed by atoms with Gasteiger partial charge in [-0.3, -0.25) is 4.98 Å². The Labute approximate surface area is 90.1 Å². The minimum Gasteiger partial charge on any atom is -0.257 e. The Morgan fingerprint density at radius 2 is 1.73 bits per heavy atom. The quantitative estimate of drug-likeness (QED) is 0.714. The Morgan fingerprint density at radius 1 is 0.933 bits per heavy atom. The molecule has 0 atom stereocenters. The van der Waals surface area contributed by atoms with E-state index in [9.17, 15) is 0 Å². The zero-order chi connectivity index (χ0) is 10.5. The third-order valence-corrected chi connectivity index (χ3v) is 2.18. The van der Waals surface area contributed by atoms with Crippen LogP contribution in [-0.2, 0) is 0 Å². The zero-order valence-electron chi connectivity index (χ0n) is 8.72. The van der Waals surface area contributed by atoms with Crippen molar-refractivity contribution in [1.82, 2.24) is 4.98 Å². The molecule has 2 rings (SSSR count). The standard InChI is InChI=1S/C14H13N/c1-12-7-9-14(15-11-12)10-8-13-5-3-2-4-6-13/h2-11H,1H3. The highest BCUT2D eigenvalue weighted by atomic mass is 14.7. The van der Waals surface area contributed by atoms with E-state index in [0.29, 0.717) is 0 Å². The lowest BCUT2D eigenvalue weighted by atomic mass is 10.2. The van der Waals surface area contributed by atoms with Crippen LogP contribution in [0, 0.1) is 6.92 Å². The van der Waals surface area contributed by atoms with Crippen molar-refractivity contribution < 1.29 is 0 Å². The van der Waals surface area contributed by atoms with E-state index in [0.717, 1.165) is 5.69 Å². The van der Waals surface area contributed by atoms with Crippen molar-refractivity contribution in [2.75, 3.05) is 0 Å². The van der Waals surface area contributed by atoms with Gasteiger partial charge >= 0.3 is 0 Å². The fourth-order valence-corrected chi connectivity index (χ4v) is 1.32. The number of pyridine rings is 1. The van der Waals surface area contributed by atoms with Crippen molar-refractivity contribution in [3.8, 4) is 0 Å². The smallest absolute Gasteiger partial charge is 0.0630 e. The summed E-state index contributed by atoms with van der Waals surface area (Å²) < 4.78 is 0. The van der Waals surface area contributed by atoms with Gasteiger partial charge in [0.05, 0.1) is 5.69 Å². The number of hydrogen-bond donors (Lipinski definition) is 0. The van der Waals surface area contributed by atoms with Gasteiger partial charge in [-0.1, -0.05) is 42.5 Å². The van der Waals surface area contributed by atoms with Crippen LogP contribution in [0.1, 0.15) is 16.8 Å². The van der Waals surface area contributed by atoms with Crippen LogP contribution in [0.25, 0.3) is 12.2 Å². The third kappa shape index (κ3) is 2.78. The molecular formula is C14H13N. The van der Waals surface area contributed by atoms with Crippen LogP contribution in [0.2, 0.25) is 0 Å². The topological polar surface area (TPSA) is 12.9 Å².